The Morgan fingerprint density at radius 2 is 1.81 bits per heavy atom. The number of rotatable bonds is 7. The zero-order valence-corrected chi connectivity index (χ0v) is 25.0. The lowest BCUT2D eigenvalue weighted by Gasteiger charge is -2.25. The quantitative estimate of drug-likeness (QED) is 0.123. The Balaban J connectivity index is 1.52. The van der Waals surface area contributed by atoms with Crippen molar-refractivity contribution in [3.05, 3.63) is 148 Å². The lowest BCUT2D eigenvalue weighted by atomic mass is 9.93. The fourth-order valence-electron chi connectivity index (χ4n) is 4.91. The number of hydrogen-bond donors (Lipinski definition) is 0. The van der Waals surface area contributed by atoms with E-state index in [1.54, 1.807) is 31.2 Å². The zero-order valence-electron chi connectivity index (χ0n) is 22.6. The Hall–Kier alpha value is -4.87. The van der Waals surface area contributed by atoms with Crippen LogP contribution in [0.3, 0.4) is 0 Å². The number of thiazole rings is 1. The number of carbonyl (C=O) groups is 1. The second-order valence-electron chi connectivity index (χ2n) is 9.47. The van der Waals surface area contributed by atoms with Gasteiger partial charge in [-0.3, -0.25) is 19.5 Å². The highest BCUT2D eigenvalue weighted by atomic mass is 79.9. The van der Waals surface area contributed by atoms with Crippen LogP contribution in [0.4, 0.5) is 5.69 Å². The summed E-state index contributed by atoms with van der Waals surface area (Å²) in [7, 11) is 0. The number of nitro benzene ring substituents is 1. The first kappa shape index (κ1) is 28.3. The van der Waals surface area contributed by atoms with Gasteiger partial charge in [0.2, 0.25) is 0 Å². The summed E-state index contributed by atoms with van der Waals surface area (Å²) in [5.74, 6) is 0.339. The topological polar surface area (TPSA) is 117 Å². The Morgan fingerprint density at radius 1 is 1.09 bits per heavy atom. The van der Waals surface area contributed by atoms with Gasteiger partial charge in [-0.15, -0.1) is 0 Å². The predicted octanol–water partition coefficient (Wildman–Crippen LogP) is 5.87. The van der Waals surface area contributed by atoms with Crippen LogP contribution in [0, 0.1) is 10.1 Å². The summed E-state index contributed by atoms with van der Waals surface area (Å²) in [6.07, 6.45) is 1.63. The lowest BCUT2D eigenvalue weighted by Crippen LogP contribution is -2.39. The molecule has 214 valence electrons. The van der Waals surface area contributed by atoms with Crippen LogP contribution in [0.15, 0.2) is 115 Å². The molecule has 6 rings (SSSR count). The van der Waals surface area contributed by atoms with Gasteiger partial charge in [0, 0.05) is 33.8 Å². The maximum atomic E-state index is 14.0. The largest absolute Gasteiger partial charge is 0.463 e. The minimum absolute atomic E-state index is 0.0476. The summed E-state index contributed by atoms with van der Waals surface area (Å²) in [6.45, 7) is 1.91. The van der Waals surface area contributed by atoms with E-state index >= 15 is 0 Å². The highest BCUT2D eigenvalue weighted by Gasteiger charge is 2.35. The van der Waals surface area contributed by atoms with E-state index in [0.717, 1.165) is 11.1 Å². The van der Waals surface area contributed by atoms with Crippen LogP contribution in [0.25, 0.3) is 23.1 Å². The third-order valence-corrected chi connectivity index (χ3v) is 8.46. The molecule has 1 atom stereocenters. The highest BCUT2D eigenvalue weighted by molar-refractivity contribution is 9.10. The molecule has 1 aliphatic heterocycles. The van der Waals surface area contributed by atoms with Gasteiger partial charge in [-0.1, -0.05) is 72.0 Å². The van der Waals surface area contributed by atoms with E-state index in [4.69, 9.17) is 14.1 Å². The summed E-state index contributed by atoms with van der Waals surface area (Å²) in [4.78, 5) is 43.4. The van der Waals surface area contributed by atoms with Crippen LogP contribution in [0.1, 0.15) is 29.9 Å². The molecule has 0 fully saturated rings. The number of non-ortho nitro benzene ring substituents is 1. The summed E-state index contributed by atoms with van der Waals surface area (Å²) < 4.78 is 13.9. The molecule has 5 aromatic rings. The number of nitro groups is 1. The van der Waals surface area contributed by atoms with E-state index in [0.29, 0.717) is 36.6 Å². The normalized spacial score (nSPS) is 14.7. The molecule has 0 spiro atoms. The molecule has 0 aliphatic carbocycles. The Labute approximate surface area is 257 Å². The van der Waals surface area contributed by atoms with Crippen molar-refractivity contribution < 1.29 is 18.9 Å². The standard InChI is InChI=1S/C32H22BrN3O6S/c1-2-41-31(38)27-28(19-9-5-3-6-10-19)34-32-35(29(27)20-11-7-4-8-12-20)30(37)26(43-32)18-22-14-16-25(42-22)23-15-13-21(36(39)40)17-24(23)33/h3-18,29H,2H2,1H3/b26-18-. The van der Waals surface area contributed by atoms with Crippen LogP contribution in [0.5, 0.6) is 0 Å². The van der Waals surface area contributed by atoms with E-state index in [-0.39, 0.29) is 23.4 Å². The molecule has 3 heterocycles. The van der Waals surface area contributed by atoms with Gasteiger partial charge in [-0.05, 0) is 46.6 Å². The molecule has 9 nitrogen and oxygen atoms in total. The second-order valence-corrected chi connectivity index (χ2v) is 11.3. The third-order valence-electron chi connectivity index (χ3n) is 6.82. The molecule has 11 heteroatoms. The van der Waals surface area contributed by atoms with Gasteiger partial charge in [-0.25, -0.2) is 9.79 Å². The number of ether oxygens (including phenoxy) is 1. The van der Waals surface area contributed by atoms with Crippen molar-refractivity contribution in [3.8, 4) is 11.3 Å². The first-order valence-corrected chi connectivity index (χ1v) is 14.8. The van der Waals surface area contributed by atoms with Crippen LogP contribution < -0.4 is 14.9 Å². The van der Waals surface area contributed by atoms with Crippen molar-refractivity contribution in [1.29, 1.82) is 0 Å². The smallest absolute Gasteiger partial charge is 0.338 e. The highest BCUT2D eigenvalue weighted by Crippen LogP contribution is 2.35. The molecule has 0 saturated heterocycles. The van der Waals surface area contributed by atoms with Gasteiger partial charge in [0.05, 0.1) is 33.4 Å². The van der Waals surface area contributed by atoms with Crippen molar-refractivity contribution in [2.75, 3.05) is 6.61 Å². The molecule has 1 aliphatic rings. The monoisotopic (exact) mass is 655 g/mol. The van der Waals surface area contributed by atoms with Crippen molar-refractivity contribution in [2.24, 2.45) is 4.99 Å². The van der Waals surface area contributed by atoms with Gasteiger partial charge in [0.15, 0.2) is 4.80 Å². The van der Waals surface area contributed by atoms with E-state index in [1.807, 2.05) is 60.7 Å². The molecule has 0 bridgehead atoms. The zero-order chi connectivity index (χ0) is 30.1. The molecule has 0 saturated carbocycles. The number of nitrogens with zero attached hydrogens (tertiary/aromatic N) is 3. The van der Waals surface area contributed by atoms with Gasteiger partial charge in [-0.2, -0.15) is 0 Å². The molecular formula is C32H22BrN3O6S. The summed E-state index contributed by atoms with van der Waals surface area (Å²) >= 11 is 4.57. The molecule has 0 N–H and O–H groups in total. The summed E-state index contributed by atoms with van der Waals surface area (Å²) in [5.41, 5.74) is 2.45. The molecule has 3 aromatic carbocycles. The van der Waals surface area contributed by atoms with Gasteiger partial charge < -0.3 is 9.15 Å². The van der Waals surface area contributed by atoms with E-state index in [9.17, 15) is 19.7 Å². The van der Waals surface area contributed by atoms with Gasteiger partial charge in [0.25, 0.3) is 11.2 Å². The second kappa shape index (κ2) is 11.8. The molecule has 43 heavy (non-hydrogen) atoms. The minimum Gasteiger partial charge on any atom is -0.463 e. The number of carbonyl (C=O) groups excluding carboxylic acids is 1. The number of halogens is 1. The van der Waals surface area contributed by atoms with E-state index in [2.05, 4.69) is 15.9 Å². The number of fused-ring (bicyclic) bond motifs is 1. The average molecular weight is 657 g/mol. The number of benzene rings is 3. The number of esters is 1. The van der Waals surface area contributed by atoms with Gasteiger partial charge in [0.1, 0.15) is 11.5 Å². The number of hydrogen-bond acceptors (Lipinski definition) is 8. The van der Waals surface area contributed by atoms with Crippen molar-refractivity contribution >= 4 is 50.7 Å². The first-order chi connectivity index (χ1) is 20.9. The number of furan rings is 1. The maximum absolute atomic E-state index is 14.0. The molecule has 0 amide bonds. The Kier molecular flexibility index (Phi) is 7.75. The average Bonchev–Trinajstić information content (AvgIpc) is 3.61. The van der Waals surface area contributed by atoms with E-state index in [1.165, 1.54) is 28.0 Å². The third kappa shape index (κ3) is 5.40. The van der Waals surface area contributed by atoms with Crippen LogP contribution >= 0.6 is 27.3 Å². The summed E-state index contributed by atoms with van der Waals surface area (Å²) in [6, 6.07) is 25.8. The van der Waals surface area contributed by atoms with Crippen molar-refractivity contribution in [3.63, 3.8) is 0 Å². The van der Waals surface area contributed by atoms with E-state index < -0.39 is 16.9 Å². The molecule has 0 radical (unpaired) electrons. The summed E-state index contributed by atoms with van der Waals surface area (Å²) in [5, 5.41) is 11.1. The minimum atomic E-state index is -0.767. The van der Waals surface area contributed by atoms with Gasteiger partial charge >= 0.3 is 5.97 Å². The first-order valence-electron chi connectivity index (χ1n) is 13.2. The van der Waals surface area contributed by atoms with Crippen molar-refractivity contribution in [1.82, 2.24) is 4.57 Å². The molecule has 2 aromatic heterocycles. The fraction of sp³-hybridized carbons (Fsp3) is 0.0938. The lowest BCUT2D eigenvalue weighted by molar-refractivity contribution is -0.384. The Bertz CT molecular complexity index is 2080. The molecular weight excluding hydrogens is 634 g/mol. The Morgan fingerprint density at radius 3 is 2.49 bits per heavy atom. The van der Waals surface area contributed by atoms with Crippen LogP contribution in [-0.2, 0) is 9.53 Å². The number of aromatic nitrogens is 1. The van der Waals surface area contributed by atoms with Crippen LogP contribution in [0.2, 0.25) is 0 Å². The fourth-order valence-corrected chi connectivity index (χ4v) is 6.46. The van der Waals surface area contributed by atoms with Crippen LogP contribution in [-0.4, -0.2) is 22.1 Å². The molecule has 1 unspecified atom stereocenters. The SMILES string of the molecule is CCOC(=O)C1=C(c2ccccc2)N=c2s/c(=C\c3ccc(-c4ccc([N+](=O)[O-])cc4Br)o3)c(=O)n2C1c1ccccc1. The maximum Gasteiger partial charge on any atom is 0.338 e. The van der Waals surface area contributed by atoms with Crippen molar-refractivity contribution in [2.45, 2.75) is 13.0 Å². The predicted molar refractivity (Wildman–Crippen MR) is 166 cm³/mol.